The van der Waals surface area contributed by atoms with Crippen molar-refractivity contribution < 1.29 is 13.9 Å². The third-order valence-electron chi connectivity index (χ3n) is 4.51. The second-order valence-corrected chi connectivity index (χ2v) is 6.21. The summed E-state index contributed by atoms with van der Waals surface area (Å²) in [5.74, 6) is 0.794. The number of amides is 1. The van der Waals surface area contributed by atoms with Crippen molar-refractivity contribution in [3.8, 4) is 0 Å². The molecular formula is C18H19N5O4. The van der Waals surface area contributed by atoms with Crippen molar-refractivity contribution in [1.82, 2.24) is 20.3 Å². The number of rotatable bonds is 4. The first kappa shape index (κ1) is 17.2. The minimum absolute atomic E-state index is 0.150. The Hall–Kier alpha value is -3.20. The minimum Gasteiger partial charge on any atom is -0.442 e. The van der Waals surface area contributed by atoms with Crippen molar-refractivity contribution in [1.29, 1.82) is 0 Å². The number of H-pyrrole nitrogens is 1. The fourth-order valence-electron chi connectivity index (χ4n) is 3.22. The molecule has 1 aliphatic heterocycles. The Morgan fingerprint density at radius 1 is 1.33 bits per heavy atom. The van der Waals surface area contributed by atoms with Crippen LogP contribution in [0.25, 0.3) is 11.1 Å². The number of aromatic nitrogens is 3. The second kappa shape index (κ2) is 7.20. The van der Waals surface area contributed by atoms with Crippen molar-refractivity contribution in [2.24, 2.45) is 0 Å². The number of carbonyl (C=O) groups is 1. The number of anilines is 1. The van der Waals surface area contributed by atoms with Crippen LogP contribution >= 0.6 is 0 Å². The van der Waals surface area contributed by atoms with E-state index in [1.165, 1.54) is 6.33 Å². The lowest BCUT2D eigenvalue weighted by atomic mass is 10.1. The Kier molecular flexibility index (Phi) is 4.59. The highest BCUT2D eigenvalue weighted by atomic mass is 16.5. The fourth-order valence-corrected chi connectivity index (χ4v) is 3.22. The fraction of sp³-hybridized carbons (Fsp3) is 0.333. The summed E-state index contributed by atoms with van der Waals surface area (Å²) < 4.78 is 10.8. The molecule has 1 saturated heterocycles. The lowest BCUT2D eigenvalue weighted by molar-refractivity contribution is 0.0950. The predicted molar refractivity (Wildman–Crippen MR) is 97.8 cm³/mol. The summed E-state index contributed by atoms with van der Waals surface area (Å²) in [5.41, 5.74) is 0.843. The van der Waals surface area contributed by atoms with Crippen LogP contribution in [0.3, 0.4) is 0 Å². The van der Waals surface area contributed by atoms with Gasteiger partial charge in [-0.05, 0) is 13.0 Å². The first-order valence-corrected chi connectivity index (χ1v) is 8.66. The summed E-state index contributed by atoms with van der Waals surface area (Å²) >= 11 is 0. The van der Waals surface area contributed by atoms with E-state index >= 15 is 0 Å². The molecule has 1 amide bonds. The van der Waals surface area contributed by atoms with Gasteiger partial charge in [-0.25, -0.2) is 9.97 Å². The van der Waals surface area contributed by atoms with Gasteiger partial charge in [0.2, 0.25) is 5.71 Å². The summed E-state index contributed by atoms with van der Waals surface area (Å²) in [7, 11) is 0. The maximum Gasteiger partial charge on any atom is 0.262 e. The van der Waals surface area contributed by atoms with E-state index in [4.69, 9.17) is 9.15 Å². The molecule has 0 saturated carbocycles. The Bertz CT molecular complexity index is 1040. The number of fused-ring (bicyclic) bond motifs is 1. The number of pyridine rings is 1. The first-order chi connectivity index (χ1) is 13.1. The zero-order chi connectivity index (χ0) is 18.8. The minimum atomic E-state index is -0.405. The largest absolute Gasteiger partial charge is 0.442 e. The predicted octanol–water partition coefficient (Wildman–Crippen LogP) is 0.986. The van der Waals surface area contributed by atoms with Crippen LogP contribution in [0.1, 0.15) is 21.7 Å². The molecule has 1 fully saturated rings. The van der Waals surface area contributed by atoms with Crippen molar-refractivity contribution in [2.75, 3.05) is 31.2 Å². The first-order valence-electron chi connectivity index (χ1n) is 8.66. The highest BCUT2D eigenvalue weighted by Crippen LogP contribution is 2.21. The Morgan fingerprint density at radius 2 is 2.15 bits per heavy atom. The molecule has 0 aliphatic carbocycles. The molecule has 0 atom stereocenters. The molecule has 0 aromatic carbocycles. The third-order valence-corrected chi connectivity index (χ3v) is 4.51. The number of nitrogens with one attached hydrogen (secondary N) is 2. The van der Waals surface area contributed by atoms with E-state index in [0.717, 1.165) is 24.5 Å². The summed E-state index contributed by atoms with van der Waals surface area (Å²) in [6.45, 7) is 4.73. The molecule has 3 aromatic rings. The number of aromatic amines is 1. The topological polar surface area (TPSA) is 113 Å². The van der Waals surface area contributed by atoms with E-state index in [1.807, 2.05) is 12.1 Å². The van der Waals surface area contributed by atoms with Gasteiger partial charge in [0.1, 0.15) is 17.0 Å². The van der Waals surface area contributed by atoms with Gasteiger partial charge < -0.3 is 24.4 Å². The van der Waals surface area contributed by atoms with E-state index in [9.17, 15) is 9.59 Å². The zero-order valence-electron chi connectivity index (χ0n) is 14.8. The average Bonchev–Trinajstić information content (AvgIpc) is 3.04. The summed E-state index contributed by atoms with van der Waals surface area (Å²) in [6.07, 6.45) is 2.98. The van der Waals surface area contributed by atoms with Gasteiger partial charge in [-0.3, -0.25) is 9.59 Å². The monoisotopic (exact) mass is 369 g/mol. The lowest BCUT2D eigenvalue weighted by Crippen LogP contribution is -2.37. The number of morpholine rings is 1. The van der Waals surface area contributed by atoms with Crippen LogP contribution in [0, 0.1) is 6.92 Å². The number of aryl methyl sites for hydroxylation is 1. The molecular weight excluding hydrogens is 350 g/mol. The molecule has 1 aliphatic rings. The molecule has 27 heavy (non-hydrogen) atoms. The van der Waals surface area contributed by atoms with Gasteiger partial charge in [0, 0.05) is 31.4 Å². The van der Waals surface area contributed by atoms with Gasteiger partial charge in [-0.15, -0.1) is 0 Å². The average molecular weight is 369 g/mol. The van der Waals surface area contributed by atoms with Crippen LogP contribution in [0.5, 0.6) is 0 Å². The highest BCUT2D eigenvalue weighted by molar-refractivity contribution is 6.06. The maximum absolute atomic E-state index is 12.7. The van der Waals surface area contributed by atoms with Crippen molar-refractivity contribution in [3.63, 3.8) is 0 Å². The van der Waals surface area contributed by atoms with E-state index in [1.54, 1.807) is 13.1 Å². The van der Waals surface area contributed by atoms with Crippen molar-refractivity contribution in [3.05, 3.63) is 51.9 Å². The molecule has 0 spiro atoms. The summed E-state index contributed by atoms with van der Waals surface area (Å²) in [5, 5.41) is 3.02. The molecule has 4 rings (SSSR count). The molecule has 0 radical (unpaired) electrons. The molecule has 2 N–H and O–H groups in total. The summed E-state index contributed by atoms with van der Waals surface area (Å²) in [6, 6.07) is 3.76. The molecule has 4 heterocycles. The number of hydrogen-bond donors (Lipinski definition) is 2. The molecule has 3 aromatic heterocycles. The number of carbonyl (C=O) groups excluding carboxylic acids is 1. The highest BCUT2D eigenvalue weighted by Gasteiger charge is 2.22. The van der Waals surface area contributed by atoms with Crippen LogP contribution < -0.4 is 15.8 Å². The molecule has 140 valence electrons. The van der Waals surface area contributed by atoms with Crippen LogP contribution in [0.15, 0.2) is 33.9 Å². The third kappa shape index (κ3) is 3.28. The molecule has 0 unspecified atom stereocenters. The van der Waals surface area contributed by atoms with Gasteiger partial charge >= 0.3 is 0 Å². The van der Waals surface area contributed by atoms with E-state index in [-0.39, 0.29) is 29.1 Å². The van der Waals surface area contributed by atoms with Crippen LogP contribution in [0.2, 0.25) is 0 Å². The normalized spacial score (nSPS) is 14.5. The second-order valence-electron chi connectivity index (χ2n) is 6.21. The standard InChI is InChI=1S/C18H19N5O4/c1-11-13(14-17(25)21-10-22-18(14)27-11)16(24)20-9-12-3-2-4-19-15(12)23-5-7-26-8-6-23/h2-4,10H,5-9H2,1H3,(H,20,24)(H,21,22,25). The number of furan rings is 1. The van der Waals surface area contributed by atoms with Gasteiger partial charge in [-0.1, -0.05) is 6.07 Å². The van der Waals surface area contributed by atoms with Crippen LogP contribution in [0.4, 0.5) is 5.82 Å². The Balaban J connectivity index is 1.57. The maximum atomic E-state index is 12.7. The molecule has 0 bridgehead atoms. The van der Waals surface area contributed by atoms with Crippen molar-refractivity contribution >= 4 is 22.8 Å². The SMILES string of the molecule is Cc1oc2nc[nH]c(=O)c2c1C(=O)NCc1cccnc1N1CCOCC1. The lowest BCUT2D eigenvalue weighted by Gasteiger charge is -2.29. The zero-order valence-corrected chi connectivity index (χ0v) is 14.8. The van der Waals surface area contributed by atoms with Crippen molar-refractivity contribution in [2.45, 2.75) is 13.5 Å². The number of ether oxygens (including phenoxy) is 1. The Morgan fingerprint density at radius 3 is 2.96 bits per heavy atom. The molecule has 9 nitrogen and oxygen atoms in total. The van der Waals surface area contributed by atoms with Crippen LogP contribution in [-0.4, -0.2) is 47.2 Å². The quantitative estimate of drug-likeness (QED) is 0.705. The van der Waals surface area contributed by atoms with Gasteiger partial charge in [0.05, 0.1) is 25.1 Å². The van der Waals surface area contributed by atoms with Gasteiger partial charge in [0.15, 0.2) is 0 Å². The number of hydrogen-bond acceptors (Lipinski definition) is 7. The number of nitrogens with zero attached hydrogens (tertiary/aromatic N) is 3. The van der Waals surface area contributed by atoms with E-state index in [0.29, 0.717) is 19.0 Å². The van der Waals surface area contributed by atoms with Gasteiger partial charge in [0.25, 0.3) is 11.5 Å². The van der Waals surface area contributed by atoms with Crippen LogP contribution in [-0.2, 0) is 11.3 Å². The van der Waals surface area contributed by atoms with E-state index < -0.39 is 5.56 Å². The summed E-state index contributed by atoms with van der Waals surface area (Å²) in [4.78, 5) is 37.9. The molecule has 9 heteroatoms. The smallest absolute Gasteiger partial charge is 0.262 e. The van der Waals surface area contributed by atoms with E-state index in [2.05, 4.69) is 25.2 Å². The Labute approximate surface area is 154 Å². The van der Waals surface area contributed by atoms with Gasteiger partial charge in [-0.2, -0.15) is 0 Å².